The lowest BCUT2D eigenvalue weighted by Gasteiger charge is -2.14. The minimum atomic E-state index is 0.248. The van der Waals surface area contributed by atoms with Gasteiger partial charge in [0.25, 0.3) is 0 Å². The van der Waals surface area contributed by atoms with Crippen LogP contribution in [0.25, 0.3) is 0 Å². The van der Waals surface area contributed by atoms with Crippen LogP contribution in [0.2, 0.25) is 5.15 Å². The van der Waals surface area contributed by atoms with Gasteiger partial charge >= 0.3 is 0 Å². The summed E-state index contributed by atoms with van der Waals surface area (Å²) in [4.78, 5) is 7.85. The molecule has 0 aliphatic heterocycles. The molecule has 1 fully saturated rings. The molecule has 1 aliphatic carbocycles. The predicted molar refractivity (Wildman–Crippen MR) is 63.3 cm³/mol. The topological polar surface area (TPSA) is 84.1 Å². The first-order valence-electron chi connectivity index (χ1n) is 5.34. The van der Waals surface area contributed by atoms with Gasteiger partial charge in [-0.3, -0.25) is 0 Å². The SMILES string of the molecule is Nc1c(Cl)ncnc1N[C@@H]1CC[C@H](CO)C1. The molecule has 0 amide bonds. The van der Waals surface area contributed by atoms with Gasteiger partial charge in [0.1, 0.15) is 12.0 Å². The summed E-state index contributed by atoms with van der Waals surface area (Å²) in [7, 11) is 0. The number of nitrogen functional groups attached to an aromatic ring is 1. The fourth-order valence-corrected chi connectivity index (χ4v) is 2.19. The fourth-order valence-electron chi connectivity index (χ4n) is 2.05. The van der Waals surface area contributed by atoms with Gasteiger partial charge in [-0.15, -0.1) is 0 Å². The van der Waals surface area contributed by atoms with Crippen LogP contribution < -0.4 is 11.1 Å². The highest BCUT2D eigenvalue weighted by Crippen LogP contribution is 2.30. The van der Waals surface area contributed by atoms with E-state index in [2.05, 4.69) is 15.3 Å². The molecule has 0 unspecified atom stereocenters. The summed E-state index contributed by atoms with van der Waals surface area (Å²) in [6.45, 7) is 0.248. The number of nitrogens with one attached hydrogen (secondary N) is 1. The van der Waals surface area contributed by atoms with Crippen LogP contribution in [0, 0.1) is 5.92 Å². The van der Waals surface area contributed by atoms with E-state index in [9.17, 15) is 0 Å². The highest BCUT2D eigenvalue weighted by Gasteiger charge is 2.24. The number of halogens is 1. The zero-order valence-corrected chi connectivity index (χ0v) is 9.61. The van der Waals surface area contributed by atoms with Gasteiger partial charge < -0.3 is 16.2 Å². The monoisotopic (exact) mass is 242 g/mol. The maximum absolute atomic E-state index is 9.05. The second-order valence-electron chi connectivity index (χ2n) is 4.13. The van der Waals surface area contributed by atoms with Crippen molar-refractivity contribution in [3.05, 3.63) is 11.5 Å². The Morgan fingerprint density at radius 3 is 3.00 bits per heavy atom. The van der Waals surface area contributed by atoms with Crippen molar-refractivity contribution in [1.29, 1.82) is 0 Å². The largest absolute Gasteiger partial charge is 0.396 e. The summed E-state index contributed by atoms with van der Waals surface area (Å²) in [5.41, 5.74) is 6.14. The molecule has 2 rings (SSSR count). The number of nitrogens with two attached hydrogens (primary N) is 1. The minimum Gasteiger partial charge on any atom is -0.396 e. The molecule has 0 aromatic carbocycles. The molecule has 1 heterocycles. The lowest BCUT2D eigenvalue weighted by atomic mass is 10.1. The summed E-state index contributed by atoms with van der Waals surface area (Å²) in [5, 5.41) is 12.6. The van der Waals surface area contributed by atoms with Crippen molar-refractivity contribution in [1.82, 2.24) is 9.97 Å². The van der Waals surface area contributed by atoms with Gasteiger partial charge in [-0.05, 0) is 25.2 Å². The molecular formula is C10H15ClN4O. The molecule has 0 saturated heterocycles. The van der Waals surface area contributed by atoms with Crippen molar-refractivity contribution in [3.63, 3.8) is 0 Å². The number of hydrogen-bond acceptors (Lipinski definition) is 5. The highest BCUT2D eigenvalue weighted by molar-refractivity contribution is 6.32. The van der Waals surface area contributed by atoms with Crippen LogP contribution in [0.15, 0.2) is 6.33 Å². The molecular weight excluding hydrogens is 228 g/mol. The van der Waals surface area contributed by atoms with Crippen molar-refractivity contribution >= 4 is 23.1 Å². The summed E-state index contributed by atoms with van der Waals surface area (Å²) in [5.74, 6) is 0.972. The molecule has 1 aromatic heterocycles. The lowest BCUT2D eigenvalue weighted by Crippen LogP contribution is -2.18. The summed E-state index contributed by atoms with van der Waals surface area (Å²) < 4.78 is 0. The normalized spacial score (nSPS) is 24.6. The van der Waals surface area contributed by atoms with E-state index >= 15 is 0 Å². The smallest absolute Gasteiger partial charge is 0.157 e. The number of aliphatic hydroxyl groups is 1. The third-order valence-electron chi connectivity index (χ3n) is 2.98. The Bertz CT molecular complexity index is 374. The third kappa shape index (κ3) is 2.36. The molecule has 1 aliphatic rings. The van der Waals surface area contributed by atoms with E-state index in [1.54, 1.807) is 0 Å². The molecule has 4 N–H and O–H groups in total. The number of aliphatic hydroxyl groups excluding tert-OH is 1. The fraction of sp³-hybridized carbons (Fsp3) is 0.600. The Kier molecular flexibility index (Phi) is 3.46. The summed E-state index contributed by atoms with van der Waals surface area (Å²) >= 11 is 5.80. The van der Waals surface area contributed by atoms with Gasteiger partial charge in [-0.2, -0.15) is 0 Å². The minimum absolute atomic E-state index is 0.248. The third-order valence-corrected chi connectivity index (χ3v) is 3.28. The van der Waals surface area contributed by atoms with Crippen LogP contribution in [-0.4, -0.2) is 27.7 Å². The van der Waals surface area contributed by atoms with Crippen LogP contribution in [-0.2, 0) is 0 Å². The number of aromatic nitrogens is 2. The molecule has 0 spiro atoms. The van der Waals surface area contributed by atoms with Crippen molar-refractivity contribution < 1.29 is 5.11 Å². The van der Waals surface area contributed by atoms with Crippen LogP contribution in [0.1, 0.15) is 19.3 Å². The van der Waals surface area contributed by atoms with Gasteiger partial charge in [0.2, 0.25) is 0 Å². The first-order chi connectivity index (χ1) is 7.70. The maximum atomic E-state index is 9.05. The first kappa shape index (κ1) is 11.4. The van der Waals surface area contributed by atoms with Gasteiger partial charge in [0.15, 0.2) is 11.0 Å². The molecule has 88 valence electrons. The quantitative estimate of drug-likeness (QED) is 0.696. The molecule has 16 heavy (non-hydrogen) atoms. The van der Waals surface area contributed by atoms with Crippen LogP contribution in [0.3, 0.4) is 0 Å². The van der Waals surface area contributed by atoms with E-state index in [1.165, 1.54) is 6.33 Å². The Balaban J connectivity index is 2.02. The van der Waals surface area contributed by atoms with E-state index < -0.39 is 0 Å². The van der Waals surface area contributed by atoms with Crippen molar-refractivity contribution in [3.8, 4) is 0 Å². The Morgan fingerprint density at radius 2 is 2.31 bits per heavy atom. The van der Waals surface area contributed by atoms with Crippen molar-refractivity contribution in [2.24, 2.45) is 5.92 Å². The molecule has 6 heteroatoms. The van der Waals surface area contributed by atoms with E-state index in [4.69, 9.17) is 22.4 Å². The predicted octanol–water partition coefficient (Wildman–Crippen LogP) is 1.29. The molecule has 5 nitrogen and oxygen atoms in total. The number of hydrogen-bond donors (Lipinski definition) is 3. The lowest BCUT2D eigenvalue weighted by molar-refractivity contribution is 0.229. The summed E-state index contributed by atoms with van der Waals surface area (Å²) in [6.07, 6.45) is 4.39. The Hall–Kier alpha value is -1.07. The average molecular weight is 243 g/mol. The van der Waals surface area contributed by atoms with Gasteiger partial charge in [0, 0.05) is 12.6 Å². The van der Waals surface area contributed by atoms with Gasteiger partial charge in [-0.25, -0.2) is 9.97 Å². The number of nitrogens with zero attached hydrogens (tertiary/aromatic N) is 2. The van der Waals surface area contributed by atoms with Gasteiger partial charge in [-0.1, -0.05) is 11.6 Å². The zero-order chi connectivity index (χ0) is 11.5. The van der Waals surface area contributed by atoms with Crippen LogP contribution in [0.5, 0.6) is 0 Å². The summed E-state index contributed by atoms with van der Waals surface area (Å²) in [6, 6.07) is 0.311. The van der Waals surface area contributed by atoms with Crippen LogP contribution in [0.4, 0.5) is 11.5 Å². The molecule has 2 atom stereocenters. The number of rotatable bonds is 3. The molecule has 1 aromatic rings. The molecule has 0 radical (unpaired) electrons. The highest BCUT2D eigenvalue weighted by atomic mass is 35.5. The molecule has 0 bridgehead atoms. The van der Waals surface area contributed by atoms with E-state index in [-0.39, 0.29) is 11.8 Å². The van der Waals surface area contributed by atoms with E-state index in [1.807, 2.05) is 0 Å². The Labute approximate surface area is 99.0 Å². The van der Waals surface area contributed by atoms with Crippen LogP contribution >= 0.6 is 11.6 Å². The van der Waals surface area contributed by atoms with E-state index in [0.717, 1.165) is 19.3 Å². The second kappa shape index (κ2) is 4.84. The Morgan fingerprint density at radius 1 is 1.50 bits per heavy atom. The number of anilines is 2. The zero-order valence-electron chi connectivity index (χ0n) is 8.86. The molecule has 1 saturated carbocycles. The standard InChI is InChI=1S/C10H15ClN4O/c11-9-8(12)10(14-5-13-9)15-7-2-1-6(3-7)4-16/h5-7,16H,1-4,12H2,(H,13,14,15)/t6-,7+/m0/s1. The van der Waals surface area contributed by atoms with Gasteiger partial charge in [0.05, 0.1) is 0 Å². The average Bonchev–Trinajstić information content (AvgIpc) is 2.73. The first-order valence-corrected chi connectivity index (χ1v) is 5.72. The van der Waals surface area contributed by atoms with Crippen molar-refractivity contribution in [2.75, 3.05) is 17.7 Å². The van der Waals surface area contributed by atoms with Crippen molar-refractivity contribution in [2.45, 2.75) is 25.3 Å². The second-order valence-corrected chi connectivity index (χ2v) is 4.49. The maximum Gasteiger partial charge on any atom is 0.157 e. The van der Waals surface area contributed by atoms with E-state index in [0.29, 0.717) is 23.5 Å².